The number of anilines is 1. The summed E-state index contributed by atoms with van der Waals surface area (Å²) in [4.78, 5) is 29.8. The number of nitrogens with zero attached hydrogens (tertiary/aromatic N) is 3. The summed E-state index contributed by atoms with van der Waals surface area (Å²) in [6.07, 6.45) is 1.35. The Labute approximate surface area is 181 Å². The normalized spacial score (nSPS) is 11.8. The molecule has 1 aromatic heterocycles. The summed E-state index contributed by atoms with van der Waals surface area (Å²) in [5.74, 6) is -0.448. The summed E-state index contributed by atoms with van der Waals surface area (Å²) >= 11 is 0. The molecule has 0 saturated carbocycles. The molecule has 0 fully saturated rings. The van der Waals surface area contributed by atoms with Crippen molar-refractivity contribution in [1.82, 2.24) is 13.9 Å². The standard InChI is InChI=1S/C22H26N4O4S/c1-5-26(6-2)31(29,30)17-11-10-15(3)19(12-17)24-20(27)13-25-14-23-21-16(4)8-7-9-18(21)22(25)28/h7-12,14H,5-6,13H2,1-4H3,(H,24,27). The number of aromatic nitrogens is 2. The number of hydrogen-bond donors (Lipinski definition) is 1. The van der Waals surface area contributed by atoms with Gasteiger partial charge in [0.1, 0.15) is 6.54 Å². The number of para-hydroxylation sites is 1. The van der Waals surface area contributed by atoms with Gasteiger partial charge in [-0.05, 0) is 43.2 Å². The van der Waals surface area contributed by atoms with E-state index in [1.165, 1.54) is 27.3 Å². The van der Waals surface area contributed by atoms with Gasteiger partial charge >= 0.3 is 0 Å². The number of benzene rings is 2. The van der Waals surface area contributed by atoms with Crippen LogP contribution in [0.4, 0.5) is 5.69 Å². The first kappa shape index (κ1) is 22.6. The van der Waals surface area contributed by atoms with E-state index >= 15 is 0 Å². The molecule has 0 aliphatic carbocycles. The lowest BCUT2D eigenvalue weighted by Gasteiger charge is -2.19. The van der Waals surface area contributed by atoms with E-state index < -0.39 is 15.9 Å². The lowest BCUT2D eigenvalue weighted by molar-refractivity contribution is -0.116. The highest BCUT2D eigenvalue weighted by atomic mass is 32.2. The van der Waals surface area contributed by atoms with E-state index in [1.54, 1.807) is 39.0 Å². The van der Waals surface area contributed by atoms with Crippen LogP contribution in [0, 0.1) is 13.8 Å². The molecule has 31 heavy (non-hydrogen) atoms. The van der Waals surface area contributed by atoms with Crippen molar-refractivity contribution in [2.75, 3.05) is 18.4 Å². The third-order valence-corrected chi connectivity index (χ3v) is 7.24. The van der Waals surface area contributed by atoms with Crippen LogP contribution < -0.4 is 10.9 Å². The first-order valence-corrected chi connectivity index (χ1v) is 11.5. The first-order valence-electron chi connectivity index (χ1n) is 10.0. The molecule has 0 spiro atoms. The zero-order valence-corrected chi connectivity index (χ0v) is 18.9. The maximum Gasteiger partial charge on any atom is 0.261 e. The van der Waals surface area contributed by atoms with Crippen LogP contribution in [-0.4, -0.2) is 41.3 Å². The summed E-state index contributed by atoms with van der Waals surface area (Å²) < 4.78 is 28.2. The number of nitrogens with one attached hydrogen (secondary N) is 1. The number of aryl methyl sites for hydroxylation is 2. The van der Waals surface area contributed by atoms with Gasteiger partial charge < -0.3 is 5.32 Å². The van der Waals surface area contributed by atoms with E-state index in [2.05, 4.69) is 10.3 Å². The first-order chi connectivity index (χ1) is 14.7. The SMILES string of the molecule is CCN(CC)S(=O)(=O)c1ccc(C)c(NC(=O)Cn2cnc3c(C)cccc3c2=O)c1. The largest absolute Gasteiger partial charge is 0.324 e. The second-order valence-electron chi connectivity index (χ2n) is 7.26. The van der Waals surface area contributed by atoms with Crippen molar-refractivity contribution >= 4 is 32.5 Å². The zero-order valence-electron chi connectivity index (χ0n) is 18.0. The fraction of sp³-hybridized carbons (Fsp3) is 0.318. The Morgan fingerprint density at radius 3 is 2.48 bits per heavy atom. The van der Waals surface area contributed by atoms with Crippen LogP contribution in [0.1, 0.15) is 25.0 Å². The molecular formula is C22H26N4O4S. The third-order valence-electron chi connectivity index (χ3n) is 5.20. The summed E-state index contributed by atoms with van der Waals surface area (Å²) in [6.45, 7) is 7.66. The van der Waals surface area contributed by atoms with Crippen LogP contribution in [0.25, 0.3) is 10.9 Å². The predicted octanol–water partition coefficient (Wildman–Crippen LogP) is 2.68. The zero-order chi connectivity index (χ0) is 22.8. The van der Waals surface area contributed by atoms with Crippen LogP contribution in [-0.2, 0) is 21.4 Å². The fourth-order valence-corrected chi connectivity index (χ4v) is 4.89. The number of rotatable bonds is 7. The van der Waals surface area contributed by atoms with Gasteiger partial charge in [0.2, 0.25) is 15.9 Å². The van der Waals surface area contributed by atoms with Gasteiger partial charge in [-0.15, -0.1) is 0 Å². The molecule has 0 radical (unpaired) electrons. The van der Waals surface area contributed by atoms with Crippen molar-refractivity contribution in [3.8, 4) is 0 Å². The van der Waals surface area contributed by atoms with Gasteiger partial charge in [0, 0.05) is 18.8 Å². The average Bonchev–Trinajstić information content (AvgIpc) is 2.72. The lowest BCUT2D eigenvalue weighted by atomic mass is 10.1. The molecule has 0 bridgehead atoms. The number of fused-ring (bicyclic) bond motifs is 1. The Bertz CT molecular complexity index is 1290. The summed E-state index contributed by atoms with van der Waals surface area (Å²) in [5, 5.41) is 3.17. The van der Waals surface area contributed by atoms with Gasteiger partial charge in [0.05, 0.1) is 22.1 Å². The van der Waals surface area contributed by atoms with Gasteiger partial charge in [0.15, 0.2) is 0 Å². The molecule has 1 heterocycles. The van der Waals surface area contributed by atoms with Crippen LogP contribution >= 0.6 is 0 Å². The molecule has 2 aromatic carbocycles. The molecule has 9 heteroatoms. The molecule has 0 atom stereocenters. The van der Waals surface area contributed by atoms with Gasteiger partial charge in [0.25, 0.3) is 5.56 Å². The minimum Gasteiger partial charge on any atom is -0.324 e. The van der Waals surface area contributed by atoms with Crippen molar-refractivity contribution in [3.63, 3.8) is 0 Å². The maximum absolute atomic E-state index is 12.8. The van der Waals surface area contributed by atoms with Gasteiger partial charge in [-0.1, -0.05) is 32.0 Å². The highest BCUT2D eigenvalue weighted by molar-refractivity contribution is 7.89. The molecule has 0 saturated heterocycles. The molecule has 1 N–H and O–H groups in total. The van der Waals surface area contributed by atoms with E-state index in [-0.39, 0.29) is 17.0 Å². The van der Waals surface area contributed by atoms with Crippen molar-refractivity contribution in [3.05, 3.63) is 64.2 Å². The van der Waals surface area contributed by atoms with E-state index in [0.717, 1.165) is 5.56 Å². The van der Waals surface area contributed by atoms with E-state index in [1.807, 2.05) is 13.0 Å². The number of amides is 1. The fourth-order valence-electron chi connectivity index (χ4n) is 3.40. The number of carbonyl (C=O) groups excluding carboxylic acids is 1. The molecule has 3 aromatic rings. The average molecular weight is 443 g/mol. The molecule has 0 aliphatic rings. The second-order valence-corrected chi connectivity index (χ2v) is 9.20. The van der Waals surface area contributed by atoms with Crippen molar-refractivity contribution < 1.29 is 13.2 Å². The Balaban J connectivity index is 1.87. The number of hydrogen-bond acceptors (Lipinski definition) is 5. The van der Waals surface area contributed by atoms with E-state index in [4.69, 9.17) is 0 Å². The van der Waals surface area contributed by atoms with E-state index in [9.17, 15) is 18.0 Å². The molecule has 0 unspecified atom stereocenters. The number of sulfonamides is 1. The Morgan fingerprint density at radius 1 is 1.10 bits per heavy atom. The molecule has 3 rings (SSSR count). The smallest absolute Gasteiger partial charge is 0.261 e. The minimum atomic E-state index is -3.65. The summed E-state index contributed by atoms with van der Waals surface area (Å²) in [6, 6.07) is 9.95. The Morgan fingerprint density at radius 2 is 1.81 bits per heavy atom. The highest BCUT2D eigenvalue weighted by Gasteiger charge is 2.22. The molecule has 164 valence electrons. The highest BCUT2D eigenvalue weighted by Crippen LogP contribution is 2.23. The molecule has 0 aliphatic heterocycles. The Hall–Kier alpha value is -3.04. The Kier molecular flexibility index (Phi) is 6.56. The summed E-state index contributed by atoms with van der Waals surface area (Å²) in [5.41, 5.74) is 2.28. The van der Waals surface area contributed by atoms with Crippen LogP contribution in [0.3, 0.4) is 0 Å². The quantitative estimate of drug-likeness (QED) is 0.606. The molecule has 8 nitrogen and oxygen atoms in total. The van der Waals surface area contributed by atoms with E-state index in [0.29, 0.717) is 35.2 Å². The van der Waals surface area contributed by atoms with Crippen LogP contribution in [0.5, 0.6) is 0 Å². The number of carbonyl (C=O) groups is 1. The van der Waals surface area contributed by atoms with Gasteiger partial charge in [-0.25, -0.2) is 13.4 Å². The van der Waals surface area contributed by atoms with Crippen molar-refractivity contribution in [1.29, 1.82) is 0 Å². The van der Waals surface area contributed by atoms with Crippen molar-refractivity contribution in [2.45, 2.75) is 39.1 Å². The third kappa shape index (κ3) is 4.52. The van der Waals surface area contributed by atoms with Crippen molar-refractivity contribution in [2.24, 2.45) is 0 Å². The summed E-state index contributed by atoms with van der Waals surface area (Å²) in [7, 11) is -3.65. The van der Waals surface area contributed by atoms with Gasteiger partial charge in [-0.3, -0.25) is 14.2 Å². The second kappa shape index (κ2) is 8.99. The monoisotopic (exact) mass is 442 g/mol. The molecular weight excluding hydrogens is 416 g/mol. The topological polar surface area (TPSA) is 101 Å². The molecule has 1 amide bonds. The lowest BCUT2D eigenvalue weighted by Crippen LogP contribution is -2.31. The van der Waals surface area contributed by atoms with Gasteiger partial charge in [-0.2, -0.15) is 4.31 Å². The minimum absolute atomic E-state index is 0.108. The maximum atomic E-state index is 12.8. The van der Waals surface area contributed by atoms with Crippen LogP contribution in [0.15, 0.2) is 52.4 Å². The predicted molar refractivity (Wildman–Crippen MR) is 121 cm³/mol. The van der Waals surface area contributed by atoms with Crippen LogP contribution in [0.2, 0.25) is 0 Å².